The fourth-order valence-corrected chi connectivity index (χ4v) is 3.11. The molecule has 2 atom stereocenters. The highest BCUT2D eigenvalue weighted by molar-refractivity contribution is 5.94. The number of benzene rings is 1. The molecule has 0 bridgehead atoms. The summed E-state index contributed by atoms with van der Waals surface area (Å²) in [6.07, 6.45) is 2.12. The number of amides is 1. The molecule has 3 rings (SSSR count). The lowest BCUT2D eigenvalue weighted by Gasteiger charge is -2.53. The number of nitrogens with zero attached hydrogens (tertiary/aromatic N) is 1. The molecule has 3 nitrogen and oxygen atoms in total. The van der Waals surface area contributed by atoms with E-state index in [4.69, 9.17) is 0 Å². The largest absolute Gasteiger partial charge is 0.332 e. The van der Waals surface area contributed by atoms with Crippen LogP contribution in [-0.4, -0.2) is 28.9 Å². The number of likely N-dealkylation sites (tertiary alicyclic amines) is 1. The molecule has 0 aliphatic carbocycles. The van der Waals surface area contributed by atoms with Gasteiger partial charge in [0.15, 0.2) is 0 Å². The zero-order chi connectivity index (χ0) is 11.9. The first kappa shape index (κ1) is 10.8. The molecule has 1 aromatic carbocycles. The Labute approximate surface area is 102 Å². The molecule has 17 heavy (non-hydrogen) atoms. The van der Waals surface area contributed by atoms with Crippen molar-refractivity contribution in [3.63, 3.8) is 0 Å². The summed E-state index contributed by atoms with van der Waals surface area (Å²) in [6, 6.07) is 10.5. The van der Waals surface area contributed by atoms with Crippen LogP contribution >= 0.6 is 0 Å². The van der Waals surface area contributed by atoms with E-state index in [1.807, 2.05) is 23.1 Å². The normalized spacial score (nSPS) is 31.9. The van der Waals surface area contributed by atoms with E-state index in [0.29, 0.717) is 6.04 Å². The average molecular weight is 230 g/mol. The molecular weight excluding hydrogens is 212 g/mol. The van der Waals surface area contributed by atoms with E-state index in [2.05, 4.69) is 24.4 Å². The van der Waals surface area contributed by atoms with E-state index in [0.717, 1.165) is 25.9 Å². The second kappa shape index (κ2) is 3.84. The summed E-state index contributed by atoms with van der Waals surface area (Å²) in [6.45, 7) is 3.88. The highest BCUT2D eigenvalue weighted by atomic mass is 16.2. The Kier molecular flexibility index (Phi) is 2.44. The molecule has 1 amide bonds. The molecule has 2 unspecified atom stereocenters. The maximum absolute atomic E-state index is 12.3. The third-order valence-electron chi connectivity index (χ3n) is 4.21. The van der Waals surface area contributed by atoms with Gasteiger partial charge >= 0.3 is 0 Å². The summed E-state index contributed by atoms with van der Waals surface area (Å²) in [5.74, 6) is 0.284. The first-order valence-electron chi connectivity index (χ1n) is 6.34. The molecule has 1 aromatic rings. The van der Waals surface area contributed by atoms with Gasteiger partial charge in [-0.05, 0) is 31.9 Å². The predicted octanol–water partition coefficient (Wildman–Crippen LogP) is 1.54. The Balaban J connectivity index is 1.73. The van der Waals surface area contributed by atoms with Crippen molar-refractivity contribution in [1.82, 2.24) is 10.2 Å². The molecule has 1 spiro atoms. The molecule has 90 valence electrons. The maximum Gasteiger partial charge on any atom is 0.245 e. The van der Waals surface area contributed by atoms with E-state index < -0.39 is 0 Å². The zero-order valence-electron chi connectivity index (χ0n) is 10.1. The van der Waals surface area contributed by atoms with Gasteiger partial charge in [-0.15, -0.1) is 0 Å². The van der Waals surface area contributed by atoms with Crippen molar-refractivity contribution < 1.29 is 4.79 Å². The first-order chi connectivity index (χ1) is 8.24. The van der Waals surface area contributed by atoms with Crippen LogP contribution in [0.25, 0.3) is 0 Å². The highest BCUT2D eigenvalue weighted by Crippen LogP contribution is 2.38. The second-order valence-electron chi connectivity index (χ2n) is 5.10. The van der Waals surface area contributed by atoms with E-state index >= 15 is 0 Å². The second-order valence-corrected chi connectivity index (χ2v) is 5.10. The summed E-state index contributed by atoms with van der Waals surface area (Å²) in [7, 11) is 0. The van der Waals surface area contributed by atoms with Gasteiger partial charge < -0.3 is 10.2 Å². The third kappa shape index (κ3) is 1.49. The van der Waals surface area contributed by atoms with E-state index in [1.54, 1.807) is 0 Å². The van der Waals surface area contributed by atoms with Gasteiger partial charge in [0, 0.05) is 6.54 Å². The highest BCUT2D eigenvalue weighted by Gasteiger charge is 2.59. The number of carbonyl (C=O) groups excluding carboxylic acids is 1. The van der Waals surface area contributed by atoms with E-state index in [9.17, 15) is 4.79 Å². The lowest BCUT2D eigenvalue weighted by Crippen LogP contribution is -2.76. The number of rotatable bonds is 2. The number of nitrogens with one attached hydrogen (secondary N) is 1. The molecule has 2 saturated heterocycles. The number of hydrogen-bond acceptors (Lipinski definition) is 2. The molecule has 2 fully saturated rings. The van der Waals surface area contributed by atoms with Crippen LogP contribution in [-0.2, 0) is 11.3 Å². The van der Waals surface area contributed by atoms with Crippen molar-refractivity contribution >= 4 is 5.91 Å². The lowest BCUT2D eigenvalue weighted by atomic mass is 9.78. The van der Waals surface area contributed by atoms with Crippen molar-refractivity contribution in [2.75, 3.05) is 6.54 Å². The fraction of sp³-hybridized carbons (Fsp3) is 0.500. The molecule has 0 radical (unpaired) electrons. The van der Waals surface area contributed by atoms with Crippen molar-refractivity contribution in [1.29, 1.82) is 0 Å². The Hall–Kier alpha value is -1.35. The van der Waals surface area contributed by atoms with E-state index in [1.165, 1.54) is 5.56 Å². The van der Waals surface area contributed by atoms with Crippen molar-refractivity contribution in [2.24, 2.45) is 0 Å². The summed E-state index contributed by atoms with van der Waals surface area (Å²) in [5, 5.41) is 3.39. The van der Waals surface area contributed by atoms with Gasteiger partial charge in [-0.25, -0.2) is 0 Å². The molecule has 2 aliphatic heterocycles. The monoisotopic (exact) mass is 230 g/mol. The molecule has 2 heterocycles. The van der Waals surface area contributed by atoms with Crippen LogP contribution < -0.4 is 5.32 Å². The van der Waals surface area contributed by atoms with Crippen molar-refractivity contribution in [2.45, 2.75) is 37.9 Å². The van der Waals surface area contributed by atoms with Gasteiger partial charge in [0.1, 0.15) is 5.54 Å². The van der Waals surface area contributed by atoms with Gasteiger partial charge in [0.25, 0.3) is 0 Å². The van der Waals surface area contributed by atoms with E-state index in [-0.39, 0.29) is 11.4 Å². The summed E-state index contributed by atoms with van der Waals surface area (Å²) in [4.78, 5) is 14.2. The Morgan fingerprint density at radius 3 is 2.76 bits per heavy atom. The minimum atomic E-state index is -0.227. The van der Waals surface area contributed by atoms with Gasteiger partial charge in [0.2, 0.25) is 5.91 Å². The van der Waals surface area contributed by atoms with Crippen LogP contribution in [0.5, 0.6) is 0 Å². The first-order valence-corrected chi connectivity index (χ1v) is 6.34. The minimum Gasteiger partial charge on any atom is -0.332 e. The van der Waals surface area contributed by atoms with Crippen LogP contribution in [0.4, 0.5) is 0 Å². The Bertz CT molecular complexity index is 423. The van der Waals surface area contributed by atoms with Crippen LogP contribution in [0.3, 0.4) is 0 Å². The smallest absolute Gasteiger partial charge is 0.245 e. The van der Waals surface area contributed by atoms with Crippen LogP contribution in [0.1, 0.15) is 25.3 Å². The topological polar surface area (TPSA) is 32.3 Å². The van der Waals surface area contributed by atoms with Gasteiger partial charge in [-0.2, -0.15) is 0 Å². The predicted molar refractivity (Wildman–Crippen MR) is 66.4 cm³/mol. The quantitative estimate of drug-likeness (QED) is 0.782. The SMILES string of the molecule is CC1N(Cc2ccccc2)C(=O)C12CCCN2. The molecule has 3 heteroatoms. The molecule has 2 aliphatic rings. The summed E-state index contributed by atoms with van der Waals surface area (Å²) in [5.41, 5.74) is 0.981. The average Bonchev–Trinajstić information content (AvgIpc) is 2.88. The van der Waals surface area contributed by atoms with Gasteiger partial charge in [-0.3, -0.25) is 4.79 Å². The fourth-order valence-electron chi connectivity index (χ4n) is 3.11. The van der Waals surface area contributed by atoms with Crippen LogP contribution in [0.2, 0.25) is 0 Å². The molecule has 1 N–H and O–H groups in total. The molecular formula is C14H18N2O. The van der Waals surface area contributed by atoms with Crippen molar-refractivity contribution in [3.8, 4) is 0 Å². The van der Waals surface area contributed by atoms with Crippen LogP contribution in [0, 0.1) is 0 Å². The molecule has 0 aromatic heterocycles. The van der Waals surface area contributed by atoms with Gasteiger partial charge in [-0.1, -0.05) is 30.3 Å². The minimum absolute atomic E-state index is 0.227. The Morgan fingerprint density at radius 2 is 2.18 bits per heavy atom. The third-order valence-corrected chi connectivity index (χ3v) is 4.21. The summed E-state index contributed by atoms with van der Waals surface area (Å²) < 4.78 is 0. The summed E-state index contributed by atoms with van der Waals surface area (Å²) >= 11 is 0. The number of carbonyl (C=O) groups is 1. The standard InChI is InChI=1S/C14H18N2O/c1-11-14(8-5-9-15-14)13(17)16(11)10-12-6-3-2-4-7-12/h2-4,6-7,11,15H,5,8-10H2,1H3. The number of β-lactam (4-membered cyclic amide) rings is 1. The molecule has 0 saturated carbocycles. The van der Waals surface area contributed by atoms with Gasteiger partial charge in [0.05, 0.1) is 6.04 Å². The van der Waals surface area contributed by atoms with Crippen molar-refractivity contribution in [3.05, 3.63) is 35.9 Å². The number of hydrogen-bond donors (Lipinski definition) is 1. The maximum atomic E-state index is 12.3. The Morgan fingerprint density at radius 1 is 1.41 bits per heavy atom. The lowest BCUT2D eigenvalue weighted by molar-refractivity contribution is -0.161. The van der Waals surface area contributed by atoms with Crippen LogP contribution in [0.15, 0.2) is 30.3 Å². The zero-order valence-corrected chi connectivity index (χ0v) is 10.1.